The number of hydrogen-bond acceptors (Lipinski definition) is 3. The first-order valence-electron chi connectivity index (χ1n) is 4.81. The predicted octanol–water partition coefficient (Wildman–Crippen LogP) is 5.11. The SMILES string of the molecule is Oc1ccc(N=Nc2c(Cl)cccc2Cl)cc1. The van der Waals surface area contributed by atoms with Crippen molar-refractivity contribution in [1.29, 1.82) is 0 Å². The van der Waals surface area contributed by atoms with Gasteiger partial charge in [-0.05, 0) is 36.4 Å². The lowest BCUT2D eigenvalue weighted by molar-refractivity contribution is 0.475. The fourth-order valence-electron chi connectivity index (χ4n) is 1.21. The molecule has 0 atom stereocenters. The van der Waals surface area contributed by atoms with Crippen LogP contribution in [0, 0.1) is 0 Å². The summed E-state index contributed by atoms with van der Waals surface area (Å²) in [5, 5.41) is 18.0. The minimum atomic E-state index is 0.180. The van der Waals surface area contributed by atoms with Crippen LogP contribution in [0.4, 0.5) is 11.4 Å². The van der Waals surface area contributed by atoms with Crippen molar-refractivity contribution in [2.45, 2.75) is 0 Å². The van der Waals surface area contributed by atoms with Crippen LogP contribution in [0.15, 0.2) is 52.7 Å². The average molecular weight is 267 g/mol. The Labute approximate surface area is 108 Å². The Kier molecular flexibility index (Phi) is 3.61. The quantitative estimate of drug-likeness (QED) is 0.754. The fourth-order valence-corrected chi connectivity index (χ4v) is 1.68. The van der Waals surface area contributed by atoms with E-state index in [2.05, 4.69) is 10.2 Å². The topological polar surface area (TPSA) is 45.0 Å². The van der Waals surface area contributed by atoms with Gasteiger partial charge in [-0.3, -0.25) is 0 Å². The molecule has 0 saturated carbocycles. The third-order valence-electron chi connectivity index (χ3n) is 2.05. The monoisotopic (exact) mass is 266 g/mol. The van der Waals surface area contributed by atoms with Crippen molar-refractivity contribution in [3.8, 4) is 5.75 Å². The van der Waals surface area contributed by atoms with Crippen molar-refractivity contribution in [2.24, 2.45) is 10.2 Å². The molecule has 1 N–H and O–H groups in total. The van der Waals surface area contributed by atoms with Crippen LogP contribution < -0.4 is 0 Å². The van der Waals surface area contributed by atoms with Crippen LogP contribution in [0.2, 0.25) is 10.0 Å². The maximum absolute atomic E-state index is 9.12. The van der Waals surface area contributed by atoms with E-state index in [1.54, 1.807) is 30.3 Å². The number of azo groups is 1. The summed E-state index contributed by atoms with van der Waals surface area (Å²) in [6, 6.07) is 11.5. The van der Waals surface area contributed by atoms with Crippen molar-refractivity contribution in [1.82, 2.24) is 0 Å². The highest BCUT2D eigenvalue weighted by molar-refractivity contribution is 6.38. The Balaban J connectivity index is 2.29. The number of nitrogens with zero attached hydrogens (tertiary/aromatic N) is 2. The van der Waals surface area contributed by atoms with Gasteiger partial charge in [-0.15, -0.1) is 5.11 Å². The smallest absolute Gasteiger partial charge is 0.123 e. The van der Waals surface area contributed by atoms with Gasteiger partial charge in [-0.25, -0.2) is 0 Å². The second-order valence-electron chi connectivity index (χ2n) is 3.29. The normalized spacial score (nSPS) is 10.9. The average Bonchev–Trinajstić information content (AvgIpc) is 2.31. The molecule has 0 fully saturated rings. The van der Waals surface area contributed by atoms with Gasteiger partial charge < -0.3 is 5.11 Å². The van der Waals surface area contributed by atoms with Gasteiger partial charge >= 0.3 is 0 Å². The van der Waals surface area contributed by atoms with Crippen molar-refractivity contribution in [2.75, 3.05) is 0 Å². The predicted molar refractivity (Wildman–Crippen MR) is 68.7 cm³/mol. The van der Waals surface area contributed by atoms with Crippen LogP contribution in [0.5, 0.6) is 5.75 Å². The van der Waals surface area contributed by atoms with E-state index in [0.717, 1.165) is 0 Å². The second kappa shape index (κ2) is 5.17. The zero-order valence-corrected chi connectivity index (χ0v) is 10.2. The molecule has 2 aromatic rings. The van der Waals surface area contributed by atoms with Crippen molar-refractivity contribution in [3.05, 3.63) is 52.5 Å². The highest BCUT2D eigenvalue weighted by Gasteiger charge is 2.03. The number of hydrogen-bond donors (Lipinski definition) is 1. The van der Waals surface area contributed by atoms with Crippen LogP contribution >= 0.6 is 23.2 Å². The van der Waals surface area contributed by atoms with Gasteiger partial charge in [0.1, 0.15) is 11.4 Å². The molecule has 0 amide bonds. The van der Waals surface area contributed by atoms with E-state index in [1.807, 2.05) is 0 Å². The lowest BCUT2D eigenvalue weighted by atomic mass is 10.3. The van der Waals surface area contributed by atoms with Gasteiger partial charge in [0, 0.05) is 0 Å². The van der Waals surface area contributed by atoms with Crippen molar-refractivity contribution >= 4 is 34.6 Å². The maximum Gasteiger partial charge on any atom is 0.123 e. The number of benzene rings is 2. The molecular formula is C12H8Cl2N2O. The van der Waals surface area contributed by atoms with Crippen LogP contribution in [0.1, 0.15) is 0 Å². The Bertz CT molecular complexity index is 533. The highest BCUT2D eigenvalue weighted by atomic mass is 35.5. The second-order valence-corrected chi connectivity index (χ2v) is 4.10. The maximum atomic E-state index is 9.12. The lowest BCUT2D eigenvalue weighted by Gasteiger charge is -1.99. The Morgan fingerprint density at radius 1 is 0.824 bits per heavy atom. The molecule has 5 heteroatoms. The van der Waals surface area contributed by atoms with Gasteiger partial charge in [0.15, 0.2) is 0 Å². The first-order valence-corrected chi connectivity index (χ1v) is 5.57. The molecule has 2 aromatic carbocycles. The van der Waals surface area contributed by atoms with E-state index in [4.69, 9.17) is 28.3 Å². The number of halogens is 2. The van der Waals surface area contributed by atoms with Crippen LogP contribution in [-0.4, -0.2) is 5.11 Å². The molecule has 0 radical (unpaired) electrons. The molecule has 0 spiro atoms. The summed E-state index contributed by atoms with van der Waals surface area (Å²) in [4.78, 5) is 0. The largest absolute Gasteiger partial charge is 0.508 e. The van der Waals surface area contributed by atoms with E-state index < -0.39 is 0 Å². The first kappa shape index (κ1) is 11.9. The number of rotatable bonds is 2. The summed E-state index contributed by atoms with van der Waals surface area (Å²) in [5.41, 5.74) is 1.04. The first-order chi connectivity index (χ1) is 8.16. The summed E-state index contributed by atoms with van der Waals surface area (Å²) in [7, 11) is 0. The Morgan fingerprint density at radius 3 is 2.00 bits per heavy atom. The molecule has 0 heterocycles. The standard InChI is InChI=1S/C12H8Cl2N2O/c13-10-2-1-3-11(14)12(10)16-15-8-4-6-9(17)7-5-8/h1-7,17H. The molecule has 0 aliphatic heterocycles. The highest BCUT2D eigenvalue weighted by Crippen LogP contribution is 2.33. The summed E-state index contributed by atoms with van der Waals surface area (Å²) in [6.07, 6.45) is 0. The third-order valence-corrected chi connectivity index (χ3v) is 2.66. The van der Waals surface area contributed by atoms with Crippen LogP contribution in [0.25, 0.3) is 0 Å². The molecule has 0 unspecified atom stereocenters. The lowest BCUT2D eigenvalue weighted by Crippen LogP contribution is -1.70. The molecule has 86 valence electrons. The number of phenols is 1. The molecule has 0 bridgehead atoms. The summed E-state index contributed by atoms with van der Waals surface area (Å²) >= 11 is 11.9. The van der Waals surface area contributed by atoms with Crippen LogP contribution in [-0.2, 0) is 0 Å². The van der Waals surface area contributed by atoms with E-state index in [0.29, 0.717) is 21.4 Å². The minimum Gasteiger partial charge on any atom is -0.508 e. The van der Waals surface area contributed by atoms with Crippen molar-refractivity contribution in [3.63, 3.8) is 0 Å². The molecule has 0 aromatic heterocycles. The van der Waals surface area contributed by atoms with E-state index in [-0.39, 0.29) is 5.75 Å². The van der Waals surface area contributed by atoms with Crippen LogP contribution in [0.3, 0.4) is 0 Å². The van der Waals surface area contributed by atoms with Gasteiger partial charge in [0.2, 0.25) is 0 Å². The Hall–Kier alpha value is -1.58. The van der Waals surface area contributed by atoms with Gasteiger partial charge in [0.05, 0.1) is 15.7 Å². The van der Waals surface area contributed by atoms with Gasteiger partial charge in [-0.1, -0.05) is 29.3 Å². The molecule has 3 nitrogen and oxygen atoms in total. The van der Waals surface area contributed by atoms with E-state index in [9.17, 15) is 0 Å². The minimum absolute atomic E-state index is 0.180. The summed E-state index contributed by atoms with van der Waals surface area (Å²) in [6.45, 7) is 0. The third kappa shape index (κ3) is 2.96. The van der Waals surface area contributed by atoms with Crippen molar-refractivity contribution < 1.29 is 5.11 Å². The van der Waals surface area contributed by atoms with Gasteiger partial charge in [-0.2, -0.15) is 5.11 Å². The fraction of sp³-hybridized carbons (Fsp3) is 0. The summed E-state index contributed by atoms with van der Waals surface area (Å²) in [5.74, 6) is 0.180. The molecule has 0 aliphatic rings. The molecular weight excluding hydrogens is 259 g/mol. The van der Waals surface area contributed by atoms with E-state index in [1.165, 1.54) is 12.1 Å². The number of aromatic hydroxyl groups is 1. The molecule has 0 aliphatic carbocycles. The zero-order valence-electron chi connectivity index (χ0n) is 8.64. The summed E-state index contributed by atoms with van der Waals surface area (Å²) < 4.78 is 0. The Morgan fingerprint density at radius 2 is 1.41 bits per heavy atom. The zero-order chi connectivity index (χ0) is 12.3. The molecule has 0 saturated heterocycles. The van der Waals surface area contributed by atoms with Gasteiger partial charge in [0.25, 0.3) is 0 Å². The number of phenolic OH excluding ortho intramolecular Hbond substituents is 1. The molecule has 2 rings (SSSR count). The van der Waals surface area contributed by atoms with E-state index >= 15 is 0 Å². The molecule has 17 heavy (non-hydrogen) atoms.